The van der Waals surface area contributed by atoms with Gasteiger partial charge in [-0.1, -0.05) is 24.3 Å². The minimum atomic E-state index is -0.0186. The number of fused-ring (bicyclic) bond motifs is 1. The molecule has 1 aromatic rings. The summed E-state index contributed by atoms with van der Waals surface area (Å²) in [5.74, 6) is 0.192. The van der Waals surface area contributed by atoms with Gasteiger partial charge in [0.15, 0.2) is 0 Å². The highest BCUT2D eigenvalue weighted by Crippen LogP contribution is 2.25. The molecule has 0 spiro atoms. The lowest BCUT2D eigenvalue weighted by Crippen LogP contribution is -2.39. The lowest BCUT2D eigenvalue weighted by Gasteiger charge is -2.28. The van der Waals surface area contributed by atoms with Crippen molar-refractivity contribution in [3.63, 3.8) is 0 Å². The molecule has 16 heavy (non-hydrogen) atoms. The van der Waals surface area contributed by atoms with Gasteiger partial charge in [-0.05, 0) is 18.1 Å². The van der Waals surface area contributed by atoms with Crippen molar-refractivity contribution in [1.82, 2.24) is 10.2 Å². The quantitative estimate of drug-likeness (QED) is 0.812. The van der Waals surface area contributed by atoms with Crippen molar-refractivity contribution in [3.05, 3.63) is 35.4 Å². The molecule has 0 aliphatic carbocycles. The topological polar surface area (TPSA) is 32.3 Å². The third-order valence-corrected chi connectivity index (χ3v) is 3.24. The molecule has 0 fully saturated rings. The minimum absolute atomic E-state index is 0.0186. The molecule has 0 saturated carbocycles. The van der Waals surface area contributed by atoms with Crippen molar-refractivity contribution in [1.29, 1.82) is 0 Å². The largest absolute Gasteiger partial charge is 0.345 e. The summed E-state index contributed by atoms with van der Waals surface area (Å²) in [6, 6.07) is 8.20. The third-order valence-electron chi connectivity index (χ3n) is 3.24. The molecule has 3 heteroatoms. The maximum atomic E-state index is 12.2. The molecule has 1 N–H and O–H groups in total. The molecule has 0 saturated heterocycles. The van der Waals surface area contributed by atoms with E-state index in [4.69, 9.17) is 0 Å². The molecule has 0 radical (unpaired) electrons. The van der Waals surface area contributed by atoms with E-state index in [-0.39, 0.29) is 11.8 Å². The zero-order valence-electron chi connectivity index (χ0n) is 9.86. The van der Waals surface area contributed by atoms with Crippen molar-refractivity contribution < 1.29 is 4.79 Å². The van der Waals surface area contributed by atoms with Crippen LogP contribution in [-0.4, -0.2) is 30.9 Å². The molecule has 0 bridgehead atoms. The second-order valence-corrected chi connectivity index (χ2v) is 4.23. The molecule has 1 aliphatic rings. The number of amides is 1. The van der Waals surface area contributed by atoms with E-state index in [1.54, 1.807) is 4.90 Å². The Morgan fingerprint density at radius 1 is 1.50 bits per heavy atom. The van der Waals surface area contributed by atoms with Gasteiger partial charge in [-0.3, -0.25) is 4.79 Å². The predicted octanol–water partition coefficient (Wildman–Crippen LogP) is 1.35. The smallest absolute Gasteiger partial charge is 0.231 e. The van der Waals surface area contributed by atoms with Crippen LogP contribution in [0.4, 0.5) is 0 Å². The van der Waals surface area contributed by atoms with Crippen LogP contribution in [0, 0.1) is 0 Å². The zero-order valence-corrected chi connectivity index (χ0v) is 9.86. The number of carbonyl (C=O) groups is 1. The van der Waals surface area contributed by atoms with E-state index in [1.165, 1.54) is 11.1 Å². The van der Waals surface area contributed by atoms with Gasteiger partial charge in [-0.25, -0.2) is 0 Å². The Morgan fingerprint density at radius 3 is 3.00 bits per heavy atom. The van der Waals surface area contributed by atoms with Gasteiger partial charge in [-0.15, -0.1) is 0 Å². The monoisotopic (exact) mass is 218 g/mol. The minimum Gasteiger partial charge on any atom is -0.345 e. The van der Waals surface area contributed by atoms with Crippen LogP contribution in [0.15, 0.2) is 24.3 Å². The van der Waals surface area contributed by atoms with Crippen LogP contribution in [0.1, 0.15) is 24.0 Å². The average molecular weight is 218 g/mol. The fourth-order valence-electron chi connectivity index (χ4n) is 2.14. The molecule has 86 valence electrons. The molecule has 1 atom stereocenters. The number of likely N-dealkylation sites (N-methyl/N-ethyl adjacent to an activating group) is 1. The zero-order chi connectivity index (χ0) is 11.5. The Morgan fingerprint density at radius 2 is 2.25 bits per heavy atom. The van der Waals surface area contributed by atoms with Crippen molar-refractivity contribution in [3.8, 4) is 0 Å². The highest BCUT2D eigenvalue weighted by Gasteiger charge is 2.27. The van der Waals surface area contributed by atoms with Gasteiger partial charge in [0.25, 0.3) is 0 Å². The number of hydrogen-bond acceptors (Lipinski definition) is 2. The van der Waals surface area contributed by atoms with Crippen molar-refractivity contribution >= 4 is 5.91 Å². The first-order chi connectivity index (χ1) is 7.74. The van der Waals surface area contributed by atoms with Crippen LogP contribution in [0.25, 0.3) is 0 Å². The molecule has 1 heterocycles. The summed E-state index contributed by atoms with van der Waals surface area (Å²) in [5.41, 5.74) is 2.43. The van der Waals surface area contributed by atoms with Crippen molar-refractivity contribution in [2.75, 3.05) is 20.1 Å². The van der Waals surface area contributed by atoms with Crippen LogP contribution in [0.3, 0.4) is 0 Å². The number of nitrogens with one attached hydrogen (secondary N) is 1. The van der Waals surface area contributed by atoms with Gasteiger partial charge in [0.2, 0.25) is 5.91 Å². The van der Waals surface area contributed by atoms with Gasteiger partial charge < -0.3 is 10.2 Å². The molecular formula is C13H18N2O. The first-order valence-electron chi connectivity index (χ1n) is 5.77. The predicted molar refractivity (Wildman–Crippen MR) is 64.2 cm³/mol. The van der Waals surface area contributed by atoms with Gasteiger partial charge in [0.1, 0.15) is 0 Å². The van der Waals surface area contributed by atoms with Crippen LogP contribution in [0.2, 0.25) is 0 Å². The lowest BCUT2D eigenvalue weighted by atomic mass is 9.90. The van der Waals surface area contributed by atoms with E-state index in [2.05, 4.69) is 17.4 Å². The summed E-state index contributed by atoms with van der Waals surface area (Å²) in [6.07, 6.45) is 0. The standard InChI is InChI=1S/C13H18N2O/c1-3-15(2)13(16)12-9-14-8-10-6-4-5-7-11(10)12/h4-7,12,14H,3,8-9H2,1-2H3. The Bertz CT molecular complexity index is 389. The van der Waals surface area contributed by atoms with Crippen LogP contribution < -0.4 is 5.32 Å². The fraction of sp³-hybridized carbons (Fsp3) is 0.462. The Balaban J connectivity index is 2.28. The molecule has 1 unspecified atom stereocenters. The summed E-state index contributed by atoms with van der Waals surface area (Å²) in [6.45, 7) is 4.38. The van der Waals surface area contributed by atoms with E-state index in [0.29, 0.717) is 0 Å². The first-order valence-corrected chi connectivity index (χ1v) is 5.77. The van der Waals surface area contributed by atoms with E-state index >= 15 is 0 Å². The number of nitrogens with zero attached hydrogens (tertiary/aromatic N) is 1. The summed E-state index contributed by atoms with van der Waals surface area (Å²) >= 11 is 0. The van der Waals surface area contributed by atoms with Crippen LogP contribution >= 0.6 is 0 Å². The van der Waals surface area contributed by atoms with Gasteiger partial charge in [0.05, 0.1) is 5.92 Å². The Labute approximate surface area is 96.5 Å². The van der Waals surface area contributed by atoms with Crippen LogP contribution in [0.5, 0.6) is 0 Å². The van der Waals surface area contributed by atoms with E-state index in [1.807, 2.05) is 26.1 Å². The van der Waals surface area contributed by atoms with Gasteiger partial charge in [0, 0.05) is 26.7 Å². The average Bonchev–Trinajstić information content (AvgIpc) is 2.36. The molecular weight excluding hydrogens is 200 g/mol. The highest BCUT2D eigenvalue weighted by atomic mass is 16.2. The maximum Gasteiger partial charge on any atom is 0.231 e. The molecule has 0 aromatic heterocycles. The summed E-state index contributed by atoms with van der Waals surface area (Å²) in [5, 5.41) is 3.30. The molecule has 1 aliphatic heterocycles. The van der Waals surface area contributed by atoms with E-state index in [0.717, 1.165) is 19.6 Å². The first kappa shape index (κ1) is 11.1. The second kappa shape index (κ2) is 4.66. The van der Waals surface area contributed by atoms with Crippen molar-refractivity contribution in [2.24, 2.45) is 0 Å². The highest BCUT2D eigenvalue weighted by molar-refractivity contribution is 5.84. The number of rotatable bonds is 2. The van der Waals surface area contributed by atoms with E-state index < -0.39 is 0 Å². The summed E-state index contributed by atoms with van der Waals surface area (Å²) in [4.78, 5) is 14.0. The molecule has 3 nitrogen and oxygen atoms in total. The van der Waals surface area contributed by atoms with Crippen LogP contribution in [-0.2, 0) is 11.3 Å². The fourth-order valence-corrected chi connectivity index (χ4v) is 2.14. The molecule has 1 aromatic carbocycles. The Hall–Kier alpha value is -1.35. The van der Waals surface area contributed by atoms with Gasteiger partial charge in [-0.2, -0.15) is 0 Å². The van der Waals surface area contributed by atoms with Crippen molar-refractivity contribution in [2.45, 2.75) is 19.4 Å². The number of carbonyl (C=O) groups excluding carboxylic acids is 1. The SMILES string of the molecule is CCN(C)C(=O)C1CNCc2ccccc21. The second-order valence-electron chi connectivity index (χ2n) is 4.23. The Kier molecular flexibility index (Phi) is 3.25. The molecule has 1 amide bonds. The summed E-state index contributed by atoms with van der Waals surface area (Å²) in [7, 11) is 1.86. The molecule has 2 rings (SSSR count). The number of hydrogen-bond donors (Lipinski definition) is 1. The normalized spacial score (nSPS) is 19.0. The number of benzene rings is 1. The summed E-state index contributed by atoms with van der Waals surface area (Å²) < 4.78 is 0. The van der Waals surface area contributed by atoms with Gasteiger partial charge >= 0.3 is 0 Å². The third kappa shape index (κ3) is 1.95. The lowest BCUT2D eigenvalue weighted by molar-refractivity contribution is -0.131. The maximum absolute atomic E-state index is 12.2. The van der Waals surface area contributed by atoms with E-state index in [9.17, 15) is 4.79 Å².